The number of allylic oxidation sites excluding steroid dienone is 2. The highest BCUT2D eigenvalue weighted by Crippen LogP contribution is 2.25. The largest absolute Gasteiger partial charge is 0.508 e. The van der Waals surface area contributed by atoms with Crippen LogP contribution >= 0.6 is 0 Å². The van der Waals surface area contributed by atoms with Crippen LogP contribution in [0.3, 0.4) is 0 Å². The van der Waals surface area contributed by atoms with Crippen molar-refractivity contribution in [3.8, 4) is 5.75 Å². The number of Topliss-reactive ketones (excluding diaryl/α,β-unsaturated/α-hetero) is 8. The Bertz CT molecular complexity index is 4030. The molecule has 115 heavy (non-hydrogen) atoms. The van der Waals surface area contributed by atoms with Crippen molar-refractivity contribution in [3.05, 3.63) is 113 Å². The monoisotopic (exact) mass is 1610 g/mol. The number of hydrogen-bond acceptors (Lipinski definition) is 25. The number of carbonyl (C=O) groups excluding carboxylic acids is 13. The Morgan fingerprint density at radius 1 is 0.670 bits per heavy atom. The van der Waals surface area contributed by atoms with E-state index in [-0.39, 0.29) is 113 Å². The first-order valence-corrected chi connectivity index (χ1v) is 39.2. The Balaban J connectivity index is 1.53. The second-order valence-electron chi connectivity index (χ2n) is 30.4. The van der Waals surface area contributed by atoms with Crippen molar-refractivity contribution in [2.24, 2.45) is 23.1 Å². The van der Waals surface area contributed by atoms with Crippen LogP contribution in [0.15, 0.2) is 85.1 Å². The number of carbonyl (C=O) groups is 14. The number of carboxylic acid groups (broad SMARTS) is 1. The normalized spacial score (nSPS) is 23.1. The molecule has 0 fully saturated rings. The summed E-state index contributed by atoms with van der Waals surface area (Å²) in [4.78, 5) is 198. The molecule has 21 N–H and O–H groups in total. The number of aliphatic hydroxyl groups excluding tert-OH is 1. The minimum absolute atomic E-state index is 0.00813. The molecule has 3 aromatic carbocycles. The number of phenolic OH excluding ortho intramolecular Hbond substituents is 1. The van der Waals surface area contributed by atoms with Gasteiger partial charge in [-0.2, -0.15) is 0 Å². The van der Waals surface area contributed by atoms with Gasteiger partial charge in [0.2, 0.25) is 41.1 Å². The zero-order chi connectivity index (χ0) is 85.1. The Kier molecular flexibility index (Phi) is 40.1. The number of hydrogen-bond donors (Lipinski definition) is 18. The number of aliphatic carboxylic acids is 1. The lowest BCUT2D eigenvalue weighted by Crippen LogP contribution is -2.64. The van der Waals surface area contributed by atoms with Crippen molar-refractivity contribution in [2.75, 3.05) is 32.8 Å². The van der Waals surface area contributed by atoms with Crippen molar-refractivity contribution >= 4 is 92.7 Å². The number of nitrogens with two attached hydrogens (primary N) is 3. The molecule has 0 saturated heterocycles. The number of hydrazine groups is 2. The molecule has 32 nitrogen and oxygen atoms in total. The molecule has 1 aliphatic heterocycles. The van der Waals surface area contributed by atoms with E-state index >= 15 is 4.79 Å². The van der Waals surface area contributed by atoms with Gasteiger partial charge in [-0.1, -0.05) is 81.7 Å². The molecule has 0 spiro atoms. The number of aromatic nitrogens is 1. The third-order valence-corrected chi connectivity index (χ3v) is 20.4. The zero-order valence-corrected chi connectivity index (χ0v) is 66.7. The van der Waals surface area contributed by atoms with Crippen LogP contribution < -0.4 is 76.1 Å². The van der Waals surface area contributed by atoms with Crippen LogP contribution in [0.5, 0.6) is 5.75 Å². The maximum Gasteiger partial charge on any atom is 0.303 e. The molecule has 2 heterocycles. The fourth-order valence-electron chi connectivity index (χ4n) is 12.9. The number of carboxylic acids is 1. The molecule has 1 aliphatic rings. The lowest BCUT2D eigenvalue weighted by atomic mass is 9.84. The predicted octanol–water partition coefficient (Wildman–Crippen LogP) is 1.75. The smallest absolute Gasteiger partial charge is 0.303 e. The zero-order valence-electron chi connectivity index (χ0n) is 66.7. The number of phenols is 1. The van der Waals surface area contributed by atoms with Crippen LogP contribution in [-0.4, -0.2) is 206 Å². The van der Waals surface area contributed by atoms with E-state index < -0.39 is 192 Å². The standard InChI is InChI=1S/C81H117F2N15O17/c1-47(2)21-28-62-78(114)94-81(7,79(115)92-65(46-99)71(106)45-88-48(3)66(101)33-36-87-50(5)69(104)42-84)35-18-14-12-10-8-9-11-13-17-34-80(6,93-76(112)58(85)38-52-24-27-56(82)57(83)37-52)75(111)74(110)61(30-32-73(108)109)91-77(113)64(39-51-22-25-54(100)26-23-51)98-97-63(40-53-43-90-59-20-16-15-19-55(53)59)68(103)41-67(102)49(4)89-44-70(105)60(95-96-62)29-31-72(86)107/h10,12,15-16,19-20,22-27,37,43,47-50,58,60-65,87-90,95-100H,8-9,11,13-14,17-18,21,28-36,38-42,44-46,84-85H2,1-7H3,(H2,86,107)(H,91,113)(H,92,115)(H,93,112)(H,94,114)(H,108,109)/b12-10+/t48-,49-,50-,58-,60-,61-,62-,63-,64-,65-,80+,81-/m0/s1. The third kappa shape index (κ3) is 32.2. The van der Waals surface area contributed by atoms with Gasteiger partial charge in [-0.05, 0) is 171 Å². The van der Waals surface area contributed by atoms with Gasteiger partial charge in [0, 0.05) is 42.9 Å². The fraction of sp³-hybridized carbons (Fsp3) is 0.556. The first-order valence-electron chi connectivity index (χ1n) is 39.2. The minimum Gasteiger partial charge on any atom is -0.508 e. The van der Waals surface area contributed by atoms with Crippen LogP contribution in [-0.2, 0) is 86.4 Å². The number of H-pyrrole nitrogens is 1. The van der Waals surface area contributed by atoms with E-state index in [2.05, 4.69) is 63.9 Å². The van der Waals surface area contributed by atoms with Crippen molar-refractivity contribution in [2.45, 2.75) is 248 Å². The van der Waals surface area contributed by atoms with E-state index in [1.54, 1.807) is 37.4 Å². The van der Waals surface area contributed by atoms with Gasteiger partial charge in [0.15, 0.2) is 46.3 Å². The van der Waals surface area contributed by atoms with Gasteiger partial charge < -0.3 is 74.7 Å². The average Bonchev–Trinajstić information content (AvgIpc) is 1.13. The van der Waals surface area contributed by atoms with E-state index in [0.29, 0.717) is 60.6 Å². The van der Waals surface area contributed by atoms with Gasteiger partial charge >= 0.3 is 5.97 Å². The van der Waals surface area contributed by atoms with Gasteiger partial charge in [0.25, 0.3) is 0 Å². The summed E-state index contributed by atoms with van der Waals surface area (Å²) in [6.07, 6.45) is 5.06. The summed E-state index contributed by atoms with van der Waals surface area (Å²) < 4.78 is 28.3. The van der Waals surface area contributed by atoms with Crippen molar-refractivity contribution in [1.29, 1.82) is 0 Å². The number of rotatable bonds is 31. The minimum atomic E-state index is -2.09. The van der Waals surface area contributed by atoms with E-state index in [9.17, 15) is 86.4 Å². The van der Waals surface area contributed by atoms with E-state index in [1.807, 2.05) is 26.0 Å². The Morgan fingerprint density at radius 3 is 1.98 bits per heavy atom. The van der Waals surface area contributed by atoms with Crippen LogP contribution in [0.2, 0.25) is 0 Å². The number of ketones is 8. The van der Waals surface area contributed by atoms with Crippen LogP contribution in [0.4, 0.5) is 8.78 Å². The second-order valence-corrected chi connectivity index (χ2v) is 30.4. The molecule has 0 saturated carbocycles. The van der Waals surface area contributed by atoms with Crippen molar-refractivity contribution in [1.82, 2.24) is 63.9 Å². The maximum absolute atomic E-state index is 15.0. The molecular weight excluding hydrogens is 1490 g/mol. The average molecular weight is 1610 g/mol. The number of aromatic amines is 1. The highest BCUT2D eigenvalue weighted by molar-refractivity contribution is 6.43. The summed E-state index contributed by atoms with van der Waals surface area (Å²) in [7, 11) is 0. The van der Waals surface area contributed by atoms with Crippen LogP contribution in [0.25, 0.3) is 10.9 Å². The van der Waals surface area contributed by atoms with Crippen molar-refractivity contribution < 1.29 is 91.2 Å². The van der Waals surface area contributed by atoms with Gasteiger partial charge in [0.1, 0.15) is 28.9 Å². The Hall–Kier alpha value is -9.62. The SMILES string of the molecule is CC(C)CC[C@@H]1NN[C@@H](CCC(N)=O)C(=O)CN[C@@H](C)C(=O)CC(=O)[C@H](Cc2c[nH]c3ccccc23)NN[C@@H](Cc2ccc(O)cc2)C(=O)N[C@@H](CCC(=O)O)C(=O)C(=O)[C@](C)(NC(=O)[C@@H](N)Cc2ccc(F)c(F)c2)CCCCCC/C=C/CCC[C@@](C)(C(=O)N[C@@H](CO)C(=O)CN[C@@H](C)C(=O)CCN[C@@H](C)C(=O)CN)NC1=O. The highest BCUT2D eigenvalue weighted by atomic mass is 19.2. The summed E-state index contributed by atoms with van der Waals surface area (Å²) in [5, 5.41) is 50.7. The number of primary amides is 1. The first kappa shape index (κ1) is 96.0. The van der Waals surface area contributed by atoms with Crippen LogP contribution in [0, 0.1) is 17.6 Å². The van der Waals surface area contributed by atoms with Gasteiger partial charge in [0.05, 0.1) is 81.0 Å². The van der Waals surface area contributed by atoms with Gasteiger partial charge in [-0.15, -0.1) is 0 Å². The molecule has 5 rings (SSSR count). The topological polar surface area (TPSA) is 526 Å². The summed E-state index contributed by atoms with van der Waals surface area (Å²) in [6.45, 7) is 9.16. The Morgan fingerprint density at radius 2 is 1.31 bits per heavy atom. The third-order valence-electron chi connectivity index (χ3n) is 20.4. The number of benzene rings is 3. The molecular formula is C81H117F2N15O17. The van der Waals surface area contributed by atoms with E-state index in [0.717, 1.165) is 12.1 Å². The lowest BCUT2D eigenvalue weighted by molar-refractivity contribution is -0.144. The molecule has 12 atom stereocenters. The van der Waals surface area contributed by atoms with E-state index in [4.69, 9.17) is 17.2 Å². The Labute approximate surface area is 668 Å². The highest BCUT2D eigenvalue weighted by Gasteiger charge is 2.44. The number of halogens is 2. The quantitative estimate of drug-likeness (QED) is 0.0194. The molecule has 0 radical (unpaired) electrons. The van der Waals surface area contributed by atoms with E-state index in [1.165, 1.54) is 58.0 Å². The summed E-state index contributed by atoms with van der Waals surface area (Å²) in [5.41, 5.74) is 26.9. The number of aromatic hydroxyl groups is 1. The number of aliphatic hydroxyl groups is 1. The lowest BCUT2D eigenvalue weighted by Gasteiger charge is -2.33. The number of amides is 5. The van der Waals surface area contributed by atoms with Gasteiger partial charge in [-0.25, -0.2) is 30.5 Å². The molecule has 0 aliphatic carbocycles. The predicted molar refractivity (Wildman–Crippen MR) is 424 cm³/mol. The molecule has 0 bridgehead atoms. The van der Waals surface area contributed by atoms with Crippen molar-refractivity contribution in [3.63, 3.8) is 0 Å². The molecule has 5 amide bonds. The molecule has 0 unspecified atom stereocenters. The van der Waals surface area contributed by atoms with Gasteiger partial charge in [-0.3, -0.25) is 67.1 Å². The number of fused-ring (bicyclic) bond motifs is 1. The number of nitrogens with one attached hydrogen (secondary N) is 12. The fourth-order valence-corrected chi connectivity index (χ4v) is 12.9. The molecule has 1 aromatic heterocycles. The summed E-state index contributed by atoms with van der Waals surface area (Å²) in [5.74, 6) is -14.1. The first-order chi connectivity index (χ1) is 54.5. The number of para-hydroxylation sites is 1. The summed E-state index contributed by atoms with van der Waals surface area (Å²) >= 11 is 0. The molecule has 34 heteroatoms. The van der Waals surface area contributed by atoms with Crippen LogP contribution in [0.1, 0.15) is 174 Å². The second kappa shape index (κ2) is 48.0. The molecule has 632 valence electrons. The maximum atomic E-state index is 15.0. The summed E-state index contributed by atoms with van der Waals surface area (Å²) in [6, 6.07) is 2.84. The molecule has 4 aromatic rings.